The van der Waals surface area contributed by atoms with Gasteiger partial charge in [-0.1, -0.05) is 25.3 Å². The molecule has 4 nitrogen and oxygen atoms in total. The van der Waals surface area contributed by atoms with E-state index < -0.39 is 17.3 Å². The van der Waals surface area contributed by atoms with E-state index in [1.165, 1.54) is 17.0 Å². The van der Waals surface area contributed by atoms with Crippen LogP contribution in [0.2, 0.25) is 0 Å². The number of anilines is 1. The van der Waals surface area contributed by atoms with Crippen molar-refractivity contribution in [1.82, 2.24) is 4.90 Å². The lowest BCUT2D eigenvalue weighted by Crippen LogP contribution is -2.51. The minimum Gasteiger partial charge on any atom is -0.376 e. The first-order valence-electron chi connectivity index (χ1n) is 7.87. The lowest BCUT2D eigenvalue weighted by molar-refractivity contribution is -0.137. The molecule has 1 amide bonds. The monoisotopic (exact) mass is 339 g/mol. The number of hydrogen-bond donors (Lipinski definition) is 1. The number of benzene rings is 1. The maximum absolute atomic E-state index is 12.7. The predicted octanol–water partition coefficient (Wildman–Crippen LogP) is 3.80. The molecule has 2 rings (SSSR count). The maximum atomic E-state index is 12.7. The maximum Gasteiger partial charge on any atom is 0.416 e. The summed E-state index contributed by atoms with van der Waals surface area (Å²) in [4.78, 5) is 13.8. The molecule has 0 bridgehead atoms. The molecule has 0 unspecified atom stereocenters. The number of nitriles is 1. The van der Waals surface area contributed by atoms with Gasteiger partial charge in [0.1, 0.15) is 5.54 Å². The van der Waals surface area contributed by atoms with Gasteiger partial charge in [0.25, 0.3) is 0 Å². The van der Waals surface area contributed by atoms with E-state index in [1.54, 1.807) is 7.05 Å². The Morgan fingerprint density at radius 1 is 1.33 bits per heavy atom. The smallest absolute Gasteiger partial charge is 0.376 e. The Labute approximate surface area is 139 Å². The van der Waals surface area contributed by atoms with Crippen LogP contribution in [0.25, 0.3) is 0 Å². The van der Waals surface area contributed by atoms with Crippen molar-refractivity contribution in [3.63, 3.8) is 0 Å². The number of likely N-dealkylation sites (N-methyl/N-ethyl adjacent to an activating group) is 1. The minimum absolute atomic E-state index is 0.152. The van der Waals surface area contributed by atoms with Gasteiger partial charge < -0.3 is 10.2 Å². The van der Waals surface area contributed by atoms with Crippen molar-refractivity contribution < 1.29 is 18.0 Å². The number of amides is 1. The second-order valence-electron chi connectivity index (χ2n) is 6.09. The lowest BCUT2D eigenvalue weighted by atomic mass is 9.81. The van der Waals surface area contributed by atoms with Gasteiger partial charge in [0.15, 0.2) is 0 Å². The molecular weight excluding hydrogens is 319 g/mol. The molecular formula is C17H20F3N3O. The highest BCUT2D eigenvalue weighted by atomic mass is 19.4. The van der Waals surface area contributed by atoms with Crippen LogP contribution >= 0.6 is 0 Å². The first-order valence-corrected chi connectivity index (χ1v) is 7.87. The molecule has 0 aromatic heterocycles. The van der Waals surface area contributed by atoms with E-state index >= 15 is 0 Å². The van der Waals surface area contributed by atoms with Crippen LogP contribution in [0.1, 0.15) is 37.7 Å². The van der Waals surface area contributed by atoms with Crippen molar-refractivity contribution in [3.05, 3.63) is 29.8 Å². The fourth-order valence-corrected chi connectivity index (χ4v) is 3.00. The van der Waals surface area contributed by atoms with E-state index in [9.17, 15) is 23.2 Å². The molecule has 0 atom stereocenters. The SMILES string of the molecule is CN(C(=O)CNc1cccc(C(F)(F)F)c1)C1(C#N)CCCCC1. The summed E-state index contributed by atoms with van der Waals surface area (Å²) in [7, 11) is 1.59. The first-order chi connectivity index (χ1) is 11.3. The van der Waals surface area contributed by atoms with Crippen molar-refractivity contribution in [2.75, 3.05) is 18.9 Å². The Balaban J connectivity index is 2.01. The zero-order valence-electron chi connectivity index (χ0n) is 13.5. The van der Waals surface area contributed by atoms with Gasteiger partial charge in [0.2, 0.25) is 5.91 Å². The third-order valence-electron chi connectivity index (χ3n) is 4.54. The highest BCUT2D eigenvalue weighted by Crippen LogP contribution is 2.33. The van der Waals surface area contributed by atoms with Crippen molar-refractivity contribution in [3.8, 4) is 6.07 Å². The standard InChI is InChI=1S/C17H20F3N3O/c1-23(16(12-21)8-3-2-4-9-16)15(24)11-22-14-7-5-6-13(10-14)17(18,19)20/h5-7,10,22H,2-4,8-9,11H2,1H3. The fourth-order valence-electron chi connectivity index (χ4n) is 3.00. The topological polar surface area (TPSA) is 56.1 Å². The number of nitrogens with zero attached hydrogens (tertiary/aromatic N) is 2. The number of rotatable bonds is 4. The van der Waals surface area contributed by atoms with E-state index in [1.807, 2.05) is 0 Å². The molecule has 1 aliphatic carbocycles. The van der Waals surface area contributed by atoms with Crippen LogP contribution in [0.5, 0.6) is 0 Å². The first kappa shape index (κ1) is 18.1. The average molecular weight is 339 g/mol. The third-order valence-corrected chi connectivity index (χ3v) is 4.54. The van der Waals surface area contributed by atoms with E-state index in [2.05, 4.69) is 11.4 Å². The molecule has 1 fully saturated rings. The number of halogens is 3. The van der Waals surface area contributed by atoms with Gasteiger partial charge in [-0.05, 0) is 31.0 Å². The summed E-state index contributed by atoms with van der Waals surface area (Å²) in [5, 5.41) is 12.2. The minimum atomic E-state index is -4.43. The second-order valence-corrected chi connectivity index (χ2v) is 6.09. The van der Waals surface area contributed by atoms with E-state index in [0.29, 0.717) is 12.8 Å². The largest absolute Gasteiger partial charge is 0.416 e. The summed E-state index contributed by atoms with van der Waals surface area (Å²) in [6.07, 6.45) is -0.317. The molecule has 0 saturated heterocycles. The molecule has 1 N–H and O–H groups in total. The van der Waals surface area contributed by atoms with Crippen molar-refractivity contribution in [1.29, 1.82) is 5.26 Å². The molecule has 1 aliphatic rings. The highest BCUT2D eigenvalue weighted by Gasteiger charge is 2.38. The Morgan fingerprint density at radius 2 is 2.00 bits per heavy atom. The Morgan fingerprint density at radius 3 is 2.58 bits per heavy atom. The molecule has 24 heavy (non-hydrogen) atoms. The van der Waals surface area contributed by atoms with Crippen molar-refractivity contribution in [2.45, 2.75) is 43.8 Å². The molecule has 1 aromatic carbocycles. The van der Waals surface area contributed by atoms with Gasteiger partial charge in [-0.2, -0.15) is 18.4 Å². The number of hydrogen-bond acceptors (Lipinski definition) is 3. The Kier molecular flexibility index (Phi) is 5.37. The van der Waals surface area contributed by atoms with E-state index in [4.69, 9.17) is 0 Å². The number of carbonyl (C=O) groups is 1. The van der Waals surface area contributed by atoms with Gasteiger partial charge in [-0.3, -0.25) is 4.79 Å². The van der Waals surface area contributed by atoms with Gasteiger partial charge in [0.05, 0.1) is 18.2 Å². The quantitative estimate of drug-likeness (QED) is 0.908. The molecule has 0 aliphatic heterocycles. The van der Waals surface area contributed by atoms with Crippen LogP contribution in [0.3, 0.4) is 0 Å². The summed E-state index contributed by atoms with van der Waals surface area (Å²) >= 11 is 0. The molecule has 1 saturated carbocycles. The van der Waals surface area contributed by atoms with E-state index in [-0.39, 0.29) is 18.1 Å². The molecule has 0 heterocycles. The van der Waals surface area contributed by atoms with E-state index in [0.717, 1.165) is 31.4 Å². The van der Waals surface area contributed by atoms with Gasteiger partial charge >= 0.3 is 6.18 Å². The number of carbonyl (C=O) groups excluding carboxylic acids is 1. The Bertz CT molecular complexity index is 631. The zero-order chi connectivity index (χ0) is 17.8. The summed E-state index contributed by atoms with van der Waals surface area (Å²) in [6.45, 7) is -0.152. The molecule has 7 heteroatoms. The Hall–Kier alpha value is -2.23. The van der Waals surface area contributed by atoms with Gasteiger partial charge in [0, 0.05) is 12.7 Å². The summed E-state index contributed by atoms with van der Waals surface area (Å²) in [6, 6.07) is 6.96. The number of nitrogens with one attached hydrogen (secondary N) is 1. The normalized spacial score (nSPS) is 17.0. The van der Waals surface area contributed by atoms with Crippen LogP contribution in [-0.2, 0) is 11.0 Å². The van der Waals surface area contributed by atoms with Crippen LogP contribution in [-0.4, -0.2) is 29.9 Å². The fraction of sp³-hybridized carbons (Fsp3) is 0.529. The van der Waals surface area contributed by atoms with Crippen LogP contribution in [0.15, 0.2) is 24.3 Å². The van der Waals surface area contributed by atoms with Crippen molar-refractivity contribution >= 4 is 11.6 Å². The average Bonchev–Trinajstić information content (AvgIpc) is 2.59. The van der Waals surface area contributed by atoms with Gasteiger partial charge in [-0.15, -0.1) is 0 Å². The summed E-state index contributed by atoms with van der Waals surface area (Å²) < 4.78 is 38.1. The third kappa shape index (κ3) is 3.99. The number of alkyl halides is 3. The molecule has 1 aromatic rings. The predicted molar refractivity (Wildman–Crippen MR) is 84.1 cm³/mol. The molecule has 0 radical (unpaired) electrons. The van der Waals surface area contributed by atoms with Crippen LogP contribution in [0, 0.1) is 11.3 Å². The van der Waals surface area contributed by atoms with Crippen molar-refractivity contribution in [2.24, 2.45) is 0 Å². The molecule has 130 valence electrons. The van der Waals surface area contributed by atoms with Crippen LogP contribution in [0.4, 0.5) is 18.9 Å². The second kappa shape index (κ2) is 7.12. The van der Waals surface area contributed by atoms with Crippen LogP contribution < -0.4 is 5.32 Å². The summed E-state index contributed by atoms with van der Waals surface area (Å²) in [5.74, 6) is -0.309. The van der Waals surface area contributed by atoms with Gasteiger partial charge in [-0.25, -0.2) is 0 Å². The highest BCUT2D eigenvalue weighted by molar-refractivity contribution is 5.81. The summed E-state index contributed by atoms with van der Waals surface area (Å²) in [5.41, 5.74) is -1.35. The molecule has 0 spiro atoms. The lowest BCUT2D eigenvalue weighted by Gasteiger charge is -2.39. The zero-order valence-corrected chi connectivity index (χ0v) is 13.5.